The third kappa shape index (κ3) is 6.74. The van der Waals surface area contributed by atoms with Crippen LogP contribution in [0.3, 0.4) is 0 Å². The molecule has 0 saturated heterocycles. The summed E-state index contributed by atoms with van der Waals surface area (Å²) in [6.07, 6.45) is -0.891. The maximum Gasteiger partial charge on any atom is 0.347 e. The molecule has 116 valence electrons. The lowest BCUT2D eigenvalue weighted by Gasteiger charge is -2.20. The molecule has 21 heavy (non-hydrogen) atoms. The Labute approximate surface area is 123 Å². The molecule has 1 aromatic rings. The van der Waals surface area contributed by atoms with Crippen molar-refractivity contribution in [2.75, 3.05) is 6.61 Å². The lowest BCUT2D eigenvalue weighted by Crippen LogP contribution is -2.43. The Bertz CT molecular complexity index is 493. The molecule has 6 heteroatoms. The van der Waals surface area contributed by atoms with E-state index in [0.29, 0.717) is 5.75 Å². The molecule has 0 radical (unpaired) electrons. The van der Waals surface area contributed by atoms with Gasteiger partial charge in [-0.05, 0) is 52.0 Å². The standard InChI is InChI=1S/C15H20FNO4/c1-10(21-12-7-5-11(16)6-8-12)14(19)20-9-13(18)17-15(2,3)4/h5-8,10H,9H2,1-4H3,(H,17,18)/t10-/m1/s1. The van der Waals surface area contributed by atoms with Gasteiger partial charge in [-0.3, -0.25) is 4.79 Å². The maximum atomic E-state index is 12.7. The van der Waals surface area contributed by atoms with E-state index < -0.39 is 17.9 Å². The number of benzene rings is 1. The molecule has 1 rings (SSSR count). The molecule has 0 aromatic heterocycles. The average molecular weight is 297 g/mol. The van der Waals surface area contributed by atoms with Gasteiger partial charge in [0.15, 0.2) is 12.7 Å². The van der Waals surface area contributed by atoms with Crippen LogP contribution in [0.4, 0.5) is 4.39 Å². The molecule has 0 heterocycles. The molecule has 0 aliphatic rings. The van der Waals surface area contributed by atoms with Gasteiger partial charge in [0.05, 0.1) is 0 Å². The van der Waals surface area contributed by atoms with Crippen LogP contribution in [0, 0.1) is 5.82 Å². The highest BCUT2D eigenvalue weighted by Crippen LogP contribution is 2.13. The van der Waals surface area contributed by atoms with Crippen LogP contribution in [0.5, 0.6) is 5.75 Å². The number of carbonyl (C=O) groups excluding carboxylic acids is 2. The van der Waals surface area contributed by atoms with Gasteiger partial charge in [0.2, 0.25) is 0 Å². The van der Waals surface area contributed by atoms with Gasteiger partial charge in [-0.1, -0.05) is 0 Å². The molecule has 1 aromatic carbocycles. The van der Waals surface area contributed by atoms with Crippen molar-refractivity contribution < 1.29 is 23.5 Å². The van der Waals surface area contributed by atoms with Crippen LogP contribution in [-0.4, -0.2) is 30.1 Å². The highest BCUT2D eigenvalue weighted by Gasteiger charge is 2.19. The Balaban J connectivity index is 2.41. The molecule has 0 unspecified atom stereocenters. The first-order valence-electron chi connectivity index (χ1n) is 6.57. The number of hydrogen-bond acceptors (Lipinski definition) is 4. The molecule has 1 N–H and O–H groups in total. The minimum atomic E-state index is -0.891. The Kier molecular flexibility index (Phi) is 5.69. The van der Waals surface area contributed by atoms with E-state index >= 15 is 0 Å². The van der Waals surface area contributed by atoms with Gasteiger partial charge < -0.3 is 14.8 Å². The van der Waals surface area contributed by atoms with Crippen molar-refractivity contribution in [3.05, 3.63) is 30.1 Å². The van der Waals surface area contributed by atoms with Gasteiger partial charge in [-0.25, -0.2) is 9.18 Å². The number of carbonyl (C=O) groups is 2. The second kappa shape index (κ2) is 7.06. The smallest absolute Gasteiger partial charge is 0.347 e. The van der Waals surface area contributed by atoms with E-state index in [1.807, 2.05) is 20.8 Å². The largest absolute Gasteiger partial charge is 0.479 e. The number of nitrogens with one attached hydrogen (secondary N) is 1. The van der Waals surface area contributed by atoms with Gasteiger partial charge in [0.1, 0.15) is 11.6 Å². The highest BCUT2D eigenvalue weighted by molar-refractivity contribution is 5.82. The van der Waals surface area contributed by atoms with E-state index in [4.69, 9.17) is 9.47 Å². The highest BCUT2D eigenvalue weighted by atomic mass is 19.1. The zero-order valence-electron chi connectivity index (χ0n) is 12.6. The summed E-state index contributed by atoms with van der Waals surface area (Å²) in [6.45, 7) is 6.60. The second-order valence-electron chi connectivity index (χ2n) is 5.62. The molecule has 0 bridgehead atoms. The molecule has 0 saturated carbocycles. The summed E-state index contributed by atoms with van der Waals surface area (Å²) in [5, 5.41) is 2.67. The fourth-order valence-electron chi connectivity index (χ4n) is 1.47. The zero-order chi connectivity index (χ0) is 16.0. The van der Waals surface area contributed by atoms with Crippen molar-refractivity contribution in [2.45, 2.75) is 39.3 Å². The van der Waals surface area contributed by atoms with E-state index in [9.17, 15) is 14.0 Å². The summed E-state index contributed by atoms with van der Waals surface area (Å²) in [5.41, 5.74) is -0.389. The summed E-state index contributed by atoms with van der Waals surface area (Å²) in [6, 6.07) is 5.27. The van der Waals surface area contributed by atoms with Crippen molar-refractivity contribution in [1.82, 2.24) is 5.32 Å². The van der Waals surface area contributed by atoms with Crippen molar-refractivity contribution in [2.24, 2.45) is 0 Å². The van der Waals surface area contributed by atoms with Crippen molar-refractivity contribution in [1.29, 1.82) is 0 Å². The molecular formula is C15H20FNO4. The average Bonchev–Trinajstić information content (AvgIpc) is 2.36. The van der Waals surface area contributed by atoms with Crippen LogP contribution in [0.15, 0.2) is 24.3 Å². The third-order valence-corrected chi connectivity index (χ3v) is 2.32. The molecule has 1 amide bonds. The minimum absolute atomic E-state index is 0.347. The summed E-state index contributed by atoms with van der Waals surface area (Å²) in [4.78, 5) is 23.2. The fourth-order valence-corrected chi connectivity index (χ4v) is 1.47. The summed E-state index contributed by atoms with van der Waals surface area (Å²) in [5.74, 6) is -1.09. The van der Waals surface area contributed by atoms with Gasteiger partial charge in [-0.15, -0.1) is 0 Å². The van der Waals surface area contributed by atoms with Crippen LogP contribution in [0.2, 0.25) is 0 Å². The van der Waals surface area contributed by atoms with Gasteiger partial charge >= 0.3 is 5.97 Å². The lowest BCUT2D eigenvalue weighted by atomic mass is 10.1. The van der Waals surface area contributed by atoms with Crippen LogP contribution in [0.1, 0.15) is 27.7 Å². The molecule has 5 nitrogen and oxygen atoms in total. The molecule has 1 atom stereocenters. The SMILES string of the molecule is C[C@@H](Oc1ccc(F)cc1)C(=O)OCC(=O)NC(C)(C)C. The van der Waals surface area contributed by atoms with E-state index in [1.54, 1.807) is 0 Å². The number of halogens is 1. The normalized spacial score (nSPS) is 12.4. The summed E-state index contributed by atoms with van der Waals surface area (Å²) >= 11 is 0. The molecule has 0 spiro atoms. The number of esters is 1. The van der Waals surface area contributed by atoms with Gasteiger partial charge in [-0.2, -0.15) is 0 Å². The molecule has 0 fully saturated rings. The molecule has 0 aliphatic carbocycles. The first kappa shape index (κ1) is 16.9. The Morgan fingerprint density at radius 2 is 1.81 bits per heavy atom. The molecular weight excluding hydrogens is 277 g/mol. The van der Waals surface area contributed by atoms with Crippen LogP contribution in [-0.2, 0) is 14.3 Å². The Hall–Kier alpha value is -2.11. The zero-order valence-corrected chi connectivity index (χ0v) is 12.6. The summed E-state index contributed by atoms with van der Waals surface area (Å²) in [7, 11) is 0. The Morgan fingerprint density at radius 1 is 1.24 bits per heavy atom. The van der Waals surface area contributed by atoms with Crippen LogP contribution < -0.4 is 10.1 Å². The van der Waals surface area contributed by atoms with Crippen LogP contribution in [0.25, 0.3) is 0 Å². The van der Waals surface area contributed by atoms with Gasteiger partial charge in [0, 0.05) is 5.54 Å². The first-order valence-corrected chi connectivity index (χ1v) is 6.57. The first-order chi connectivity index (χ1) is 9.67. The predicted molar refractivity (Wildman–Crippen MR) is 75.3 cm³/mol. The maximum absolute atomic E-state index is 12.7. The summed E-state index contributed by atoms with van der Waals surface area (Å²) < 4.78 is 22.9. The fraction of sp³-hybridized carbons (Fsp3) is 0.467. The monoisotopic (exact) mass is 297 g/mol. The number of ether oxygens (including phenoxy) is 2. The minimum Gasteiger partial charge on any atom is -0.479 e. The Morgan fingerprint density at radius 3 is 2.33 bits per heavy atom. The van der Waals surface area contributed by atoms with Crippen LogP contribution >= 0.6 is 0 Å². The number of amides is 1. The van der Waals surface area contributed by atoms with Crippen molar-refractivity contribution in [3.63, 3.8) is 0 Å². The number of rotatable bonds is 5. The van der Waals surface area contributed by atoms with E-state index in [2.05, 4.69) is 5.32 Å². The quantitative estimate of drug-likeness (QED) is 0.845. The lowest BCUT2D eigenvalue weighted by molar-refractivity contribution is -0.155. The van der Waals surface area contributed by atoms with Crippen molar-refractivity contribution >= 4 is 11.9 Å². The predicted octanol–water partition coefficient (Wildman–Crippen LogP) is 2.05. The second-order valence-corrected chi connectivity index (χ2v) is 5.62. The van der Waals surface area contributed by atoms with E-state index in [1.165, 1.54) is 31.2 Å². The number of hydrogen-bond donors (Lipinski definition) is 1. The van der Waals surface area contributed by atoms with Crippen molar-refractivity contribution in [3.8, 4) is 5.75 Å². The van der Waals surface area contributed by atoms with E-state index in [-0.39, 0.29) is 18.1 Å². The van der Waals surface area contributed by atoms with E-state index in [0.717, 1.165) is 0 Å². The third-order valence-electron chi connectivity index (χ3n) is 2.32. The van der Waals surface area contributed by atoms with Gasteiger partial charge in [0.25, 0.3) is 5.91 Å². The molecule has 0 aliphatic heterocycles. The topological polar surface area (TPSA) is 64.6 Å².